The van der Waals surface area contributed by atoms with E-state index in [1.807, 2.05) is 0 Å². The molecule has 0 aromatic rings. The van der Waals surface area contributed by atoms with E-state index in [-0.39, 0.29) is 5.60 Å². The van der Waals surface area contributed by atoms with Gasteiger partial charge in [0.25, 0.3) is 0 Å². The number of hydrogen-bond acceptors (Lipinski definition) is 1. The molecule has 1 N–H and O–H groups in total. The topological polar surface area (TPSA) is 20.2 Å². The Labute approximate surface area is 181 Å². The summed E-state index contributed by atoms with van der Waals surface area (Å²) >= 11 is 0. The van der Waals surface area contributed by atoms with Gasteiger partial charge >= 0.3 is 0 Å². The largest absolute Gasteiger partial charge is 0.390 e. The van der Waals surface area contributed by atoms with E-state index in [9.17, 15) is 5.11 Å². The Morgan fingerprint density at radius 2 is 1.55 bits per heavy atom. The molecule has 0 bridgehead atoms. The van der Waals surface area contributed by atoms with Gasteiger partial charge in [-0.25, -0.2) is 0 Å². The van der Waals surface area contributed by atoms with Crippen molar-refractivity contribution in [1.29, 1.82) is 0 Å². The second-order valence-electron chi connectivity index (χ2n) is 13.1. The Kier molecular flexibility index (Phi) is 5.98. The lowest BCUT2D eigenvalue weighted by atomic mass is 9.43. The number of hydrogen-bond donors (Lipinski definition) is 1. The van der Waals surface area contributed by atoms with Crippen molar-refractivity contribution in [3.63, 3.8) is 0 Å². The molecule has 0 aromatic carbocycles. The maximum atomic E-state index is 11.0. The second kappa shape index (κ2) is 7.83. The van der Waals surface area contributed by atoms with Crippen LogP contribution in [0.1, 0.15) is 119 Å². The van der Waals surface area contributed by atoms with Gasteiger partial charge in [-0.1, -0.05) is 54.4 Å². The Balaban J connectivity index is 1.50. The Bertz CT molecular complexity index is 583. The predicted molar refractivity (Wildman–Crippen MR) is 124 cm³/mol. The van der Waals surface area contributed by atoms with E-state index in [0.29, 0.717) is 10.8 Å². The molecule has 0 aromatic heterocycles. The Hall–Kier alpha value is -0.0400. The van der Waals surface area contributed by atoms with Crippen LogP contribution in [-0.2, 0) is 0 Å². The average molecular weight is 403 g/mol. The van der Waals surface area contributed by atoms with E-state index in [1.165, 1.54) is 57.8 Å². The number of fused-ring (bicyclic) bond motifs is 5. The lowest BCUT2D eigenvalue weighted by molar-refractivity contribution is -0.152. The minimum atomic E-state index is -0.357. The van der Waals surface area contributed by atoms with Crippen molar-refractivity contribution in [3.8, 4) is 0 Å². The minimum absolute atomic E-state index is 0.357. The van der Waals surface area contributed by atoms with Gasteiger partial charge in [-0.3, -0.25) is 0 Å². The molecule has 0 saturated heterocycles. The van der Waals surface area contributed by atoms with Crippen LogP contribution < -0.4 is 0 Å². The van der Waals surface area contributed by atoms with Crippen LogP contribution in [0.5, 0.6) is 0 Å². The van der Waals surface area contributed by atoms with Gasteiger partial charge in [-0.15, -0.1) is 0 Å². The third-order valence-corrected chi connectivity index (χ3v) is 11.4. The highest BCUT2D eigenvalue weighted by Crippen LogP contribution is 2.69. The lowest BCUT2D eigenvalue weighted by Crippen LogP contribution is -2.56. The average Bonchev–Trinajstić information content (AvgIpc) is 3.04. The molecular weight excluding hydrogens is 352 g/mol. The normalized spacial score (nSPS) is 50.7. The molecule has 0 spiro atoms. The van der Waals surface area contributed by atoms with Crippen LogP contribution >= 0.6 is 0 Å². The van der Waals surface area contributed by atoms with Crippen molar-refractivity contribution in [3.05, 3.63) is 0 Å². The van der Waals surface area contributed by atoms with E-state index in [4.69, 9.17) is 0 Å². The summed E-state index contributed by atoms with van der Waals surface area (Å²) in [6, 6.07) is 0. The SMILES string of the molecule is CC[C@]1(O)CC[C@@]2(C)[C@@H](CC[C@@H]3[C@@H]2CC[C@]2(C)[C@@H]([C@H](C)CCC(C)C)CC[C@@H]32)C1. The second-order valence-corrected chi connectivity index (χ2v) is 13.1. The summed E-state index contributed by atoms with van der Waals surface area (Å²) in [5, 5.41) is 11.0. The molecule has 1 nitrogen and oxygen atoms in total. The quantitative estimate of drug-likeness (QED) is 0.496. The summed E-state index contributed by atoms with van der Waals surface area (Å²) in [4.78, 5) is 0. The molecule has 0 aliphatic heterocycles. The molecule has 0 amide bonds. The summed E-state index contributed by atoms with van der Waals surface area (Å²) in [6.07, 6.45) is 16.0. The van der Waals surface area contributed by atoms with Crippen molar-refractivity contribution in [1.82, 2.24) is 0 Å². The molecular formula is C28H50O. The van der Waals surface area contributed by atoms with Crippen molar-refractivity contribution in [2.45, 2.75) is 124 Å². The van der Waals surface area contributed by atoms with Crippen LogP contribution in [0.3, 0.4) is 0 Å². The van der Waals surface area contributed by atoms with Gasteiger partial charge in [0.15, 0.2) is 0 Å². The summed E-state index contributed by atoms with van der Waals surface area (Å²) in [6.45, 7) is 14.9. The Morgan fingerprint density at radius 3 is 2.24 bits per heavy atom. The van der Waals surface area contributed by atoms with Crippen LogP contribution in [-0.4, -0.2) is 10.7 Å². The van der Waals surface area contributed by atoms with Gasteiger partial charge in [-0.05, 0) is 116 Å². The van der Waals surface area contributed by atoms with Gasteiger partial charge in [0.1, 0.15) is 0 Å². The monoisotopic (exact) mass is 402 g/mol. The van der Waals surface area contributed by atoms with Crippen molar-refractivity contribution >= 4 is 0 Å². The zero-order valence-electron chi connectivity index (χ0n) is 20.5. The molecule has 4 rings (SSSR count). The van der Waals surface area contributed by atoms with Gasteiger partial charge < -0.3 is 5.11 Å². The van der Waals surface area contributed by atoms with Gasteiger partial charge in [0, 0.05) is 0 Å². The number of aliphatic hydroxyl groups is 1. The van der Waals surface area contributed by atoms with Crippen molar-refractivity contribution in [2.24, 2.45) is 52.3 Å². The third-order valence-electron chi connectivity index (χ3n) is 11.4. The van der Waals surface area contributed by atoms with Gasteiger partial charge in [-0.2, -0.15) is 0 Å². The fraction of sp³-hybridized carbons (Fsp3) is 1.00. The first-order valence-electron chi connectivity index (χ1n) is 13.4. The lowest BCUT2D eigenvalue weighted by Gasteiger charge is -2.62. The van der Waals surface area contributed by atoms with Crippen LogP contribution in [0, 0.1) is 52.3 Å². The standard InChI is InChI=1S/C28H50O/c1-7-28(29)17-16-26(5)21(18-28)10-11-22-24-13-12-23(20(4)9-8-19(2)3)27(24,6)15-14-25(22)26/h19-25,29H,7-18H2,1-6H3/t20-,21+,22+,23-,24+,25+,26+,27-,28+/m1/s1. The maximum Gasteiger partial charge on any atom is 0.0648 e. The highest BCUT2D eigenvalue weighted by atomic mass is 16.3. The van der Waals surface area contributed by atoms with Crippen molar-refractivity contribution < 1.29 is 5.11 Å². The van der Waals surface area contributed by atoms with E-state index in [1.54, 1.807) is 0 Å². The summed E-state index contributed by atoms with van der Waals surface area (Å²) in [5.74, 6) is 6.39. The first-order chi connectivity index (χ1) is 13.6. The number of rotatable bonds is 5. The summed E-state index contributed by atoms with van der Waals surface area (Å²) in [5.41, 5.74) is 0.761. The first kappa shape index (κ1) is 22.2. The molecule has 0 unspecified atom stereocenters. The summed E-state index contributed by atoms with van der Waals surface area (Å²) < 4.78 is 0. The van der Waals surface area contributed by atoms with Crippen LogP contribution in [0.4, 0.5) is 0 Å². The highest BCUT2D eigenvalue weighted by molar-refractivity contribution is 5.10. The summed E-state index contributed by atoms with van der Waals surface area (Å²) in [7, 11) is 0. The molecule has 9 atom stereocenters. The first-order valence-corrected chi connectivity index (χ1v) is 13.4. The molecule has 4 aliphatic carbocycles. The molecule has 4 saturated carbocycles. The van der Waals surface area contributed by atoms with E-state index < -0.39 is 0 Å². The fourth-order valence-corrected chi connectivity index (χ4v) is 9.42. The highest BCUT2D eigenvalue weighted by Gasteiger charge is 2.61. The van der Waals surface area contributed by atoms with E-state index in [2.05, 4.69) is 41.5 Å². The van der Waals surface area contributed by atoms with Gasteiger partial charge in [0.05, 0.1) is 5.60 Å². The van der Waals surface area contributed by atoms with Crippen LogP contribution in [0.2, 0.25) is 0 Å². The zero-order chi connectivity index (χ0) is 21.0. The molecule has 4 aliphatic rings. The zero-order valence-corrected chi connectivity index (χ0v) is 20.5. The molecule has 168 valence electrons. The third kappa shape index (κ3) is 3.64. The van der Waals surface area contributed by atoms with E-state index >= 15 is 0 Å². The van der Waals surface area contributed by atoms with E-state index in [0.717, 1.165) is 60.7 Å². The molecule has 1 heteroatoms. The smallest absolute Gasteiger partial charge is 0.0648 e. The molecule has 0 radical (unpaired) electrons. The van der Waals surface area contributed by atoms with Gasteiger partial charge in [0.2, 0.25) is 0 Å². The predicted octanol–water partition coefficient (Wildman–Crippen LogP) is 7.86. The fourth-order valence-electron chi connectivity index (χ4n) is 9.42. The van der Waals surface area contributed by atoms with Crippen LogP contribution in [0.25, 0.3) is 0 Å². The Morgan fingerprint density at radius 1 is 0.828 bits per heavy atom. The minimum Gasteiger partial charge on any atom is -0.390 e. The maximum absolute atomic E-state index is 11.0. The molecule has 4 fully saturated rings. The van der Waals surface area contributed by atoms with Crippen molar-refractivity contribution in [2.75, 3.05) is 0 Å². The molecule has 0 heterocycles. The van der Waals surface area contributed by atoms with Crippen LogP contribution in [0.15, 0.2) is 0 Å². The molecule has 29 heavy (non-hydrogen) atoms.